The number of aromatic amines is 1. The highest BCUT2D eigenvalue weighted by Gasteiger charge is 2.31. The zero-order chi connectivity index (χ0) is 37.8. The first kappa shape index (κ1) is 39.2. The number of carbonyl (C=O) groups excluding carboxylic acids is 1. The van der Waals surface area contributed by atoms with Crippen LogP contribution in [0.5, 0.6) is 0 Å². The molecular formula is C39H44FN5O7. The predicted octanol–water partition coefficient (Wildman–Crippen LogP) is 5.68. The van der Waals surface area contributed by atoms with E-state index in [4.69, 9.17) is 15.9 Å². The van der Waals surface area contributed by atoms with Crippen LogP contribution in [0.4, 0.5) is 10.1 Å². The van der Waals surface area contributed by atoms with Gasteiger partial charge in [-0.15, -0.1) is 0 Å². The number of nitrogens with two attached hydrogens (primary N) is 1. The monoisotopic (exact) mass is 713 g/mol. The van der Waals surface area contributed by atoms with Crippen LogP contribution in [0.1, 0.15) is 60.8 Å². The Labute approximate surface area is 300 Å². The van der Waals surface area contributed by atoms with Crippen LogP contribution in [0, 0.1) is 5.82 Å². The molecule has 3 aromatic carbocycles. The Morgan fingerprint density at radius 2 is 1.54 bits per heavy atom. The van der Waals surface area contributed by atoms with E-state index in [1.165, 1.54) is 18.5 Å². The molecule has 52 heavy (non-hydrogen) atoms. The van der Waals surface area contributed by atoms with Crippen molar-refractivity contribution in [1.82, 2.24) is 14.5 Å². The van der Waals surface area contributed by atoms with Crippen molar-refractivity contribution < 1.29 is 39.2 Å². The number of carboxylic acids is 2. The molecule has 12 nitrogen and oxygen atoms in total. The lowest BCUT2D eigenvalue weighted by Gasteiger charge is -2.20. The third-order valence-corrected chi connectivity index (χ3v) is 8.24. The van der Waals surface area contributed by atoms with Crippen LogP contribution in [0.2, 0.25) is 0 Å². The molecule has 1 amide bonds. The quantitative estimate of drug-likeness (QED) is 0.0712. The first-order valence-electron chi connectivity index (χ1n) is 16.8. The summed E-state index contributed by atoms with van der Waals surface area (Å²) in [6.07, 6.45) is 0.828. The van der Waals surface area contributed by atoms with Crippen molar-refractivity contribution in [1.29, 1.82) is 0 Å². The number of anilines is 1. The fraction of sp³-hybridized carbons (Fsp3) is 0.282. The van der Waals surface area contributed by atoms with Gasteiger partial charge in [0.25, 0.3) is 5.91 Å². The van der Waals surface area contributed by atoms with Crippen molar-refractivity contribution in [3.8, 4) is 22.4 Å². The van der Waals surface area contributed by atoms with Crippen molar-refractivity contribution in [2.75, 3.05) is 5.32 Å². The third kappa shape index (κ3) is 10.7. The van der Waals surface area contributed by atoms with Crippen LogP contribution in [-0.2, 0) is 22.6 Å². The van der Waals surface area contributed by atoms with Gasteiger partial charge in [0, 0.05) is 41.8 Å². The molecule has 0 aliphatic heterocycles. The molecule has 0 spiro atoms. The van der Waals surface area contributed by atoms with E-state index in [9.17, 15) is 29.0 Å². The number of benzene rings is 3. The second kappa shape index (κ2) is 18.6. The maximum Gasteiger partial charge on any atom is 0.320 e. The van der Waals surface area contributed by atoms with E-state index in [2.05, 4.69) is 15.3 Å². The number of hydrogen-bond donors (Lipinski definition) is 7. The van der Waals surface area contributed by atoms with Gasteiger partial charge in [-0.25, -0.2) is 9.37 Å². The van der Waals surface area contributed by atoms with E-state index < -0.39 is 36.6 Å². The van der Waals surface area contributed by atoms with Gasteiger partial charge in [-0.05, 0) is 66.3 Å². The smallest absolute Gasteiger partial charge is 0.320 e. The van der Waals surface area contributed by atoms with E-state index in [0.29, 0.717) is 28.1 Å². The summed E-state index contributed by atoms with van der Waals surface area (Å²) in [5.41, 5.74) is 10.8. The molecule has 0 bridgehead atoms. The van der Waals surface area contributed by atoms with Crippen molar-refractivity contribution in [2.24, 2.45) is 5.73 Å². The average molecular weight is 714 g/mol. The molecule has 0 fully saturated rings. The highest BCUT2D eigenvalue weighted by molar-refractivity contribution is 6.12. The lowest BCUT2D eigenvalue weighted by molar-refractivity contribution is -0.140. The number of carboxylic acid groups (broad SMARTS) is 2. The Balaban J connectivity index is 0.000000470. The maximum absolute atomic E-state index is 14.0. The van der Waals surface area contributed by atoms with Crippen LogP contribution >= 0.6 is 0 Å². The van der Waals surface area contributed by atoms with Crippen molar-refractivity contribution >= 4 is 23.5 Å². The molecule has 2 heterocycles. The minimum Gasteiger partial charge on any atom is -0.481 e. The number of nitrogens with zero attached hydrogens (tertiary/aromatic N) is 2. The van der Waals surface area contributed by atoms with Gasteiger partial charge in [0.2, 0.25) is 0 Å². The van der Waals surface area contributed by atoms with Gasteiger partial charge in [-0.3, -0.25) is 14.4 Å². The van der Waals surface area contributed by atoms with E-state index >= 15 is 0 Å². The number of aromatic nitrogens is 3. The number of rotatable bonds is 15. The number of carbonyl (C=O) groups is 3. The maximum atomic E-state index is 14.0. The zero-order valence-electron chi connectivity index (χ0n) is 28.9. The topological polar surface area (TPSA) is 204 Å². The lowest BCUT2D eigenvalue weighted by Crippen LogP contribution is -2.32. The number of hydrogen-bond acceptors (Lipinski definition) is 7. The summed E-state index contributed by atoms with van der Waals surface area (Å²) < 4.78 is 16.0. The molecule has 0 saturated heterocycles. The molecule has 13 heteroatoms. The molecule has 3 atom stereocenters. The van der Waals surface area contributed by atoms with Crippen LogP contribution in [0.3, 0.4) is 0 Å². The van der Waals surface area contributed by atoms with Crippen LogP contribution < -0.4 is 11.1 Å². The molecule has 5 aromatic rings. The highest BCUT2D eigenvalue weighted by atomic mass is 19.1. The number of aliphatic hydroxyl groups is 2. The Kier molecular flexibility index (Phi) is 14.0. The standard InChI is InChI=1S/C33H35FN2O5.C6H9N3O2/c1-21(2)31-30(33(41)35-25-11-7-4-8-12-25)29(22-9-5-3-6-10-22)32(23-13-15-24(34)16-14-23)36(31)18-17-26(37)19-27(38)20-28(39)40;7-5(6(10)11)1-4-2-8-3-9-4/h3-16,21,26-27,37-38H,17-20H2,1-2H3,(H,35,41)(H,39,40);2-3,5H,1,7H2,(H,8,9)(H,10,11)/t26-,27-;5-/m10/s1. The average Bonchev–Trinajstić information content (AvgIpc) is 3.74. The van der Waals surface area contributed by atoms with Crippen LogP contribution in [-0.4, -0.2) is 71.1 Å². The van der Waals surface area contributed by atoms with Crippen molar-refractivity contribution in [3.63, 3.8) is 0 Å². The van der Waals surface area contributed by atoms with Gasteiger partial charge >= 0.3 is 11.9 Å². The Morgan fingerprint density at radius 1 is 0.904 bits per heavy atom. The number of aliphatic hydroxyl groups excluding tert-OH is 2. The summed E-state index contributed by atoms with van der Waals surface area (Å²) in [6, 6.07) is 23.9. The molecular weight excluding hydrogens is 669 g/mol. The van der Waals surface area contributed by atoms with Crippen molar-refractivity contribution in [2.45, 2.75) is 70.2 Å². The normalized spacial score (nSPS) is 12.8. The second-order valence-electron chi connectivity index (χ2n) is 12.6. The van der Waals surface area contributed by atoms with Gasteiger partial charge in [-0.2, -0.15) is 0 Å². The predicted molar refractivity (Wildman–Crippen MR) is 195 cm³/mol. The molecule has 8 N–H and O–H groups in total. The molecule has 0 aliphatic carbocycles. The van der Waals surface area contributed by atoms with E-state index in [1.54, 1.807) is 18.3 Å². The summed E-state index contributed by atoms with van der Waals surface area (Å²) in [5, 5.41) is 41.2. The van der Waals surface area contributed by atoms with E-state index in [0.717, 1.165) is 17.0 Å². The molecule has 0 saturated carbocycles. The van der Waals surface area contributed by atoms with E-state index in [1.807, 2.05) is 79.1 Å². The minimum absolute atomic E-state index is 0.0939. The van der Waals surface area contributed by atoms with E-state index in [-0.39, 0.29) is 43.4 Å². The molecule has 274 valence electrons. The SMILES string of the molecule is CC(C)c1c(C(=O)Nc2ccccc2)c(-c2ccccc2)c(-c2ccc(F)cc2)n1CC[C@@H](O)C[C@@H](O)CC(=O)O.N[C@@H](Cc1cnc[nH]1)C(=O)O. The number of amides is 1. The summed E-state index contributed by atoms with van der Waals surface area (Å²) >= 11 is 0. The number of nitrogens with one attached hydrogen (secondary N) is 2. The van der Waals surface area contributed by atoms with Crippen molar-refractivity contribution in [3.05, 3.63) is 120 Å². The first-order valence-corrected chi connectivity index (χ1v) is 16.8. The van der Waals surface area contributed by atoms with Gasteiger partial charge in [0.05, 0.1) is 36.2 Å². The highest BCUT2D eigenvalue weighted by Crippen LogP contribution is 2.42. The molecule has 0 radical (unpaired) electrons. The van der Waals surface area contributed by atoms with Crippen LogP contribution in [0.15, 0.2) is 97.5 Å². The third-order valence-electron chi connectivity index (χ3n) is 8.24. The lowest BCUT2D eigenvalue weighted by atomic mass is 9.94. The Morgan fingerprint density at radius 3 is 2.10 bits per heavy atom. The molecule has 5 rings (SSSR count). The first-order chi connectivity index (χ1) is 24.8. The van der Waals surface area contributed by atoms with Gasteiger partial charge in [-0.1, -0.05) is 62.4 Å². The number of aliphatic carboxylic acids is 2. The summed E-state index contributed by atoms with van der Waals surface area (Å²) in [5.74, 6) is -2.93. The Bertz CT molecular complexity index is 1900. The summed E-state index contributed by atoms with van der Waals surface area (Å²) in [6.45, 7) is 4.25. The number of imidazole rings is 1. The summed E-state index contributed by atoms with van der Waals surface area (Å²) in [4.78, 5) is 41.8. The summed E-state index contributed by atoms with van der Waals surface area (Å²) in [7, 11) is 0. The fourth-order valence-corrected chi connectivity index (χ4v) is 5.92. The van der Waals surface area contributed by atoms with Gasteiger partial charge < -0.3 is 41.0 Å². The zero-order valence-corrected chi connectivity index (χ0v) is 28.9. The Hall–Kier alpha value is -5.63. The molecule has 0 unspecified atom stereocenters. The van der Waals surface area contributed by atoms with Gasteiger partial charge in [0.1, 0.15) is 11.9 Å². The minimum atomic E-state index is -1.18. The second-order valence-corrected chi connectivity index (χ2v) is 12.6. The largest absolute Gasteiger partial charge is 0.481 e. The van der Waals surface area contributed by atoms with Gasteiger partial charge in [0.15, 0.2) is 0 Å². The molecule has 0 aliphatic rings. The van der Waals surface area contributed by atoms with Crippen LogP contribution in [0.25, 0.3) is 22.4 Å². The molecule has 2 aromatic heterocycles. The number of H-pyrrole nitrogens is 1. The number of para-hydroxylation sites is 1. The number of halogens is 1. The fourth-order valence-electron chi connectivity index (χ4n) is 5.92.